The Bertz CT molecular complexity index is 737. The third-order valence-electron chi connectivity index (χ3n) is 4.45. The van der Waals surface area contributed by atoms with Gasteiger partial charge in [-0.15, -0.1) is 0 Å². The molecule has 5 heteroatoms. The fourth-order valence-corrected chi connectivity index (χ4v) is 2.84. The van der Waals surface area contributed by atoms with Gasteiger partial charge in [0.1, 0.15) is 6.04 Å². The molecule has 120 valence electrons. The molecule has 0 saturated carbocycles. The predicted molar refractivity (Wildman–Crippen MR) is 87.5 cm³/mol. The number of nitrogens with zero attached hydrogens (tertiary/aromatic N) is 2. The number of aryl methyl sites for hydroxylation is 2. The van der Waals surface area contributed by atoms with Crippen LogP contribution in [0.4, 0.5) is 5.69 Å². The summed E-state index contributed by atoms with van der Waals surface area (Å²) >= 11 is 0. The molecule has 1 aromatic heterocycles. The SMILES string of the molecule is Cc1ccc(N2CCN(C(=O)c3ccco3)[C@@H](C)C2=O)cc1C. The van der Waals surface area contributed by atoms with Crippen molar-refractivity contribution in [3.63, 3.8) is 0 Å². The molecule has 0 radical (unpaired) electrons. The van der Waals surface area contributed by atoms with Crippen molar-refractivity contribution in [3.05, 3.63) is 53.5 Å². The first-order valence-electron chi connectivity index (χ1n) is 7.72. The third kappa shape index (κ3) is 2.74. The van der Waals surface area contributed by atoms with Crippen LogP contribution in [0.15, 0.2) is 41.0 Å². The summed E-state index contributed by atoms with van der Waals surface area (Å²) in [7, 11) is 0. The van der Waals surface area contributed by atoms with Crippen LogP contribution in [0.25, 0.3) is 0 Å². The quantitative estimate of drug-likeness (QED) is 0.857. The van der Waals surface area contributed by atoms with Crippen LogP contribution in [0, 0.1) is 13.8 Å². The molecular weight excluding hydrogens is 292 g/mol. The topological polar surface area (TPSA) is 53.8 Å². The Kier molecular flexibility index (Phi) is 3.94. The van der Waals surface area contributed by atoms with Crippen molar-refractivity contribution in [1.29, 1.82) is 0 Å². The van der Waals surface area contributed by atoms with E-state index in [0.29, 0.717) is 13.1 Å². The standard InChI is InChI=1S/C18H20N2O3/c1-12-6-7-15(11-13(12)2)20-9-8-19(14(3)17(20)21)18(22)16-5-4-10-23-16/h4-7,10-11,14H,8-9H2,1-3H3/t14-/m0/s1. The highest BCUT2D eigenvalue weighted by atomic mass is 16.3. The lowest BCUT2D eigenvalue weighted by Gasteiger charge is -2.38. The molecule has 1 aliphatic rings. The van der Waals surface area contributed by atoms with Crippen LogP contribution < -0.4 is 4.90 Å². The molecule has 23 heavy (non-hydrogen) atoms. The minimum absolute atomic E-state index is 0.0700. The second kappa shape index (κ2) is 5.91. The van der Waals surface area contributed by atoms with Crippen LogP contribution in [0.5, 0.6) is 0 Å². The summed E-state index contributed by atoms with van der Waals surface area (Å²) in [6, 6.07) is 8.77. The maximum atomic E-state index is 12.7. The van der Waals surface area contributed by atoms with E-state index < -0.39 is 6.04 Å². The number of benzene rings is 1. The van der Waals surface area contributed by atoms with E-state index in [1.807, 2.05) is 32.0 Å². The average Bonchev–Trinajstić information content (AvgIpc) is 3.06. The van der Waals surface area contributed by atoms with Crippen molar-refractivity contribution in [2.45, 2.75) is 26.8 Å². The van der Waals surface area contributed by atoms with Crippen LogP contribution in [0.3, 0.4) is 0 Å². The van der Waals surface area contributed by atoms with Crippen molar-refractivity contribution in [1.82, 2.24) is 4.90 Å². The molecule has 0 unspecified atom stereocenters. The van der Waals surface area contributed by atoms with Gasteiger partial charge in [-0.3, -0.25) is 9.59 Å². The molecule has 0 N–H and O–H groups in total. The first kappa shape index (κ1) is 15.3. The molecule has 1 aromatic carbocycles. The lowest BCUT2D eigenvalue weighted by molar-refractivity contribution is -0.124. The molecular formula is C18H20N2O3. The Morgan fingerprint density at radius 2 is 1.96 bits per heavy atom. The predicted octanol–water partition coefficient (Wildman–Crippen LogP) is 2.77. The monoisotopic (exact) mass is 312 g/mol. The molecule has 2 aromatic rings. The molecule has 0 aliphatic carbocycles. The van der Waals surface area contributed by atoms with E-state index in [2.05, 4.69) is 0 Å². The van der Waals surface area contributed by atoms with E-state index in [1.54, 1.807) is 28.9 Å². The number of rotatable bonds is 2. The molecule has 1 aliphatic heterocycles. The number of carbonyl (C=O) groups is 2. The maximum Gasteiger partial charge on any atom is 0.290 e. The van der Waals surface area contributed by atoms with Gasteiger partial charge in [0.05, 0.1) is 6.26 Å². The van der Waals surface area contributed by atoms with Gasteiger partial charge in [0.25, 0.3) is 5.91 Å². The van der Waals surface area contributed by atoms with E-state index in [4.69, 9.17) is 4.42 Å². The van der Waals surface area contributed by atoms with Crippen molar-refractivity contribution < 1.29 is 14.0 Å². The summed E-state index contributed by atoms with van der Waals surface area (Å²) < 4.78 is 5.16. The minimum atomic E-state index is -0.511. The van der Waals surface area contributed by atoms with Gasteiger partial charge in [-0.2, -0.15) is 0 Å². The summed E-state index contributed by atoms with van der Waals surface area (Å²) in [5.41, 5.74) is 3.23. The van der Waals surface area contributed by atoms with E-state index in [-0.39, 0.29) is 17.6 Å². The number of furan rings is 1. The first-order valence-corrected chi connectivity index (χ1v) is 7.72. The van der Waals surface area contributed by atoms with Crippen molar-refractivity contribution in [3.8, 4) is 0 Å². The highest BCUT2D eigenvalue weighted by molar-refractivity contribution is 6.02. The molecule has 5 nitrogen and oxygen atoms in total. The lowest BCUT2D eigenvalue weighted by Crippen LogP contribution is -2.57. The van der Waals surface area contributed by atoms with Gasteiger partial charge in [-0.05, 0) is 56.2 Å². The fraction of sp³-hybridized carbons (Fsp3) is 0.333. The normalized spacial score (nSPS) is 18.4. The van der Waals surface area contributed by atoms with Crippen LogP contribution in [0.2, 0.25) is 0 Å². The maximum absolute atomic E-state index is 12.7. The lowest BCUT2D eigenvalue weighted by atomic mass is 10.1. The van der Waals surface area contributed by atoms with E-state index in [0.717, 1.165) is 11.3 Å². The zero-order chi connectivity index (χ0) is 16.6. The molecule has 3 rings (SSSR count). The van der Waals surface area contributed by atoms with Gasteiger partial charge in [-0.25, -0.2) is 0 Å². The molecule has 1 atom stereocenters. The third-order valence-corrected chi connectivity index (χ3v) is 4.45. The second-order valence-corrected chi connectivity index (χ2v) is 5.91. The van der Waals surface area contributed by atoms with Crippen LogP contribution in [-0.4, -0.2) is 35.8 Å². The molecule has 1 saturated heterocycles. The molecule has 0 bridgehead atoms. The van der Waals surface area contributed by atoms with E-state index in [1.165, 1.54) is 11.8 Å². The number of piperazine rings is 1. The fourth-order valence-electron chi connectivity index (χ4n) is 2.84. The van der Waals surface area contributed by atoms with Gasteiger partial charge in [-0.1, -0.05) is 6.07 Å². The van der Waals surface area contributed by atoms with Gasteiger partial charge < -0.3 is 14.2 Å². The summed E-state index contributed by atoms with van der Waals surface area (Å²) in [5.74, 6) is -0.0423. The largest absolute Gasteiger partial charge is 0.459 e. The van der Waals surface area contributed by atoms with Gasteiger partial charge in [0, 0.05) is 18.8 Å². The Morgan fingerprint density at radius 1 is 1.17 bits per heavy atom. The molecule has 1 fully saturated rings. The van der Waals surface area contributed by atoms with Crippen molar-refractivity contribution >= 4 is 17.5 Å². The van der Waals surface area contributed by atoms with Gasteiger partial charge in [0.15, 0.2) is 5.76 Å². The summed E-state index contributed by atoms with van der Waals surface area (Å²) in [5, 5.41) is 0. The van der Waals surface area contributed by atoms with Crippen LogP contribution in [0.1, 0.15) is 28.6 Å². The number of anilines is 1. The van der Waals surface area contributed by atoms with E-state index >= 15 is 0 Å². The van der Waals surface area contributed by atoms with E-state index in [9.17, 15) is 9.59 Å². The first-order chi connectivity index (χ1) is 11.0. The number of hydrogen-bond acceptors (Lipinski definition) is 3. The average molecular weight is 312 g/mol. The highest BCUT2D eigenvalue weighted by Crippen LogP contribution is 2.24. The van der Waals surface area contributed by atoms with Crippen LogP contribution >= 0.6 is 0 Å². The number of hydrogen-bond donors (Lipinski definition) is 0. The summed E-state index contributed by atoms with van der Waals surface area (Å²) in [4.78, 5) is 28.4. The van der Waals surface area contributed by atoms with Crippen molar-refractivity contribution in [2.75, 3.05) is 18.0 Å². The number of carbonyl (C=O) groups excluding carboxylic acids is 2. The summed E-state index contributed by atoms with van der Waals surface area (Å²) in [6.07, 6.45) is 1.46. The van der Waals surface area contributed by atoms with Crippen LogP contribution in [-0.2, 0) is 4.79 Å². The Labute approximate surface area is 135 Å². The zero-order valence-electron chi connectivity index (χ0n) is 13.6. The summed E-state index contributed by atoms with van der Waals surface area (Å²) in [6.45, 7) is 6.81. The second-order valence-electron chi connectivity index (χ2n) is 5.91. The molecule has 2 amide bonds. The molecule has 2 heterocycles. The number of amides is 2. The smallest absolute Gasteiger partial charge is 0.290 e. The minimum Gasteiger partial charge on any atom is -0.459 e. The highest BCUT2D eigenvalue weighted by Gasteiger charge is 2.36. The Morgan fingerprint density at radius 3 is 2.61 bits per heavy atom. The zero-order valence-corrected chi connectivity index (χ0v) is 13.6. The molecule has 0 spiro atoms. The van der Waals surface area contributed by atoms with Gasteiger partial charge in [0.2, 0.25) is 5.91 Å². The van der Waals surface area contributed by atoms with Crippen molar-refractivity contribution in [2.24, 2.45) is 0 Å². The Hall–Kier alpha value is -2.56. The van der Waals surface area contributed by atoms with Gasteiger partial charge >= 0.3 is 0 Å². The Balaban J connectivity index is 1.81.